The number of allylic oxidation sites excluding steroid dienone is 4. The monoisotopic (exact) mass is 472 g/mol. The molecular formula is C27H44N4O3. The van der Waals surface area contributed by atoms with Crippen molar-refractivity contribution in [2.24, 2.45) is 5.84 Å². The fourth-order valence-corrected chi connectivity index (χ4v) is 2.00. The summed E-state index contributed by atoms with van der Waals surface area (Å²) in [5, 5.41) is 0. The van der Waals surface area contributed by atoms with E-state index in [1.807, 2.05) is 43.7 Å². The Kier molecular flexibility index (Phi) is 37.8. The summed E-state index contributed by atoms with van der Waals surface area (Å²) in [7, 11) is 0. The van der Waals surface area contributed by atoms with E-state index in [1.165, 1.54) is 30.9 Å². The van der Waals surface area contributed by atoms with Crippen LogP contribution in [0.3, 0.4) is 0 Å². The Morgan fingerprint density at radius 1 is 1.06 bits per heavy atom. The first-order valence-corrected chi connectivity index (χ1v) is 11.2. The maximum Gasteiger partial charge on any atom is 0.248 e. The van der Waals surface area contributed by atoms with Crippen LogP contribution in [0.5, 0.6) is 0 Å². The molecule has 190 valence electrons. The van der Waals surface area contributed by atoms with Crippen LogP contribution in [0.1, 0.15) is 58.6 Å². The molecule has 0 fully saturated rings. The molecule has 0 aliphatic carbocycles. The van der Waals surface area contributed by atoms with Gasteiger partial charge in [0.25, 0.3) is 0 Å². The van der Waals surface area contributed by atoms with E-state index in [0.717, 1.165) is 11.1 Å². The summed E-state index contributed by atoms with van der Waals surface area (Å²) < 4.78 is 0. The van der Waals surface area contributed by atoms with Gasteiger partial charge in [0.05, 0.1) is 0 Å². The highest BCUT2D eigenvalue weighted by atomic mass is 16.1. The van der Waals surface area contributed by atoms with Crippen molar-refractivity contribution < 1.29 is 9.59 Å². The van der Waals surface area contributed by atoms with Crippen LogP contribution in [-0.2, 0) is 16.0 Å². The van der Waals surface area contributed by atoms with Crippen molar-refractivity contribution in [1.82, 2.24) is 15.9 Å². The minimum atomic E-state index is -0.116. The first-order chi connectivity index (χ1) is 16.5. The molecule has 0 bridgehead atoms. The van der Waals surface area contributed by atoms with E-state index in [0.29, 0.717) is 6.41 Å². The number of carbonyl (C=O) groups is 2. The number of nitrogens with two attached hydrogens (primary N) is 1. The average molecular weight is 473 g/mol. The van der Waals surface area contributed by atoms with Gasteiger partial charge in [-0.2, -0.15) is 5.53 Å². The fraction of sp³-hybridized carbons (Fsp3) is 0.296. The highest BCUT2D eigenvalue weighted by molar-refractivity contribution is 5.74. The number of nitrogens with one attached hydrogen (secondary N) is 3. The zero-order valence-electron chi connectivity index (χ0n) is 21.5. The molecule has 0 atom stereocenters. The SMILES string of the molecule is C=C/C=C(\C=C)c1cc[nH]c(=O)c1.C=O.CC.CCC.CCCc1ccccc1.NNNC=O. The predicted molar refractivity (Wildman–Crippen MR) is 147 cm³/mol. The van der Waals surface area contributed by atoms with Gasteiger partial charge in [-0.05, 0) is 29.2 Å². The lowest BCUT2D eigenvalue weighted by molar-refractivity contribution is -0.110. The first kappa shape index (κ1) is 37.7. The highest BCUT2D eigenvalue weighted by Crippen LogP contribution is 2.12. The molecule has 2 aromatic rings. The molecular weight excluding hydrogens is 428 g/mol. The quantitative estimate of drug-likeness (QED) is 0.193. The maximum atomic E-state index is 11.0. The van der Waals surface area contributed by atoms with Gasteiger partial charge >= 0.3 is 0 Å². The number of pyridine rings is 1. The van der Waals surface area contributed by atoms with E-state index in [2.05, 4.69) is 75.1 Å². The summed E-state index contributed by atoms with van der Waals surface area (Å²) >= 11 is 0. The highest BCUT2D eigenvalue weighted by Gasteiger charge is 1.95. The van der Waals surface area contributed by atoms with Crippen LogP contribution in [0, 0.1) is 0 Å². The molecule has 7 nitrogen and oxygen atoms in total. The molecule has 0 spiro atoms. The van der Waals surface area contributed by atoms with Crippen molar-refractivity contribution in [1.29, 1.82) is 0 Å². The van der Waals surface area contributed by atoms with Gasteiger partial charge in [-0.1, -0.05) is 109 Å². The zero-order chi connectivity index (χ0) is 27.0. The number of hydrogen-bond acceptors (Lipinski definition) is 5. The lowest BCUT2D eigenvalue weighted by Gasteiger charge is -1.98. The van der Waals surface area contributed by atoms with Crippen molar-refractivity contribution in [2.75, 3.05) is 0 Å². The van der Waals surface area contributed by atoms with E-state index in [9.17, 15) is 4.79 Å². The average Bonchev–Trinajstić information content (AvgIpc) is 2.88. The second kappa shape index (κ2) is 34.1. The number of H-pyrrole nitrogens is 1. The number of hydrazine groups is 2. The van der Waals surface area contributed by atoms with Crippen LogP contribution in [0.15, 0.2) is 84.8 Å². The third-order valence-corrected chi connectivity index (χ3v) is 3.15. The third-order valence-electron chi connectivity index (χ3n) is 3.15. The summed E-state index contributed by atoms with van der Waals surface area (Å²) in [6.45, 7) is 19.7. The van der Waals surface area contributed by atoms with Crippen LogP contribution in [0.4, 0.5) is 0 Å². The third kappa shape index (κ3) is 26.5. The van der Waals surface area contributed by atoms with Gasteiger partial charge < -0.3 is 9.78 Å². The molecule has 0 saturated carbocycles. The van der Waals surface area contributed by atoms with Crippen LogP contribution in [0.25, 0.3) is 5.57 Å². The topological polar surface area (TPSA) is 117 Å². The lowest BCUT2D eigenvalue weighted by atomic mass is 10.1. The lowest BCUT2D eigenvalue weighted by Crippen LogP contribution is -2.36. The summed E-state index contributed by atoms with van der Waals surface area (Å²) in [4.78, 5) is 30.7. The molecule has 1 aromatic heterocycles. The largest absolute Gasteiger partial charge is 0.329 e. The second-order valence-corrected chi connectivity index (χ2v) is 5.85. The maximum absolute atomic E-state index is 11.0. The Hall–Kier alpha value is -3.55. The van der Waals surface area contributed by atoms with Gasteiger partial charge in [0, 0.05) is 12.3 Å². The molecule has 1 heterocycles. The Morgan fingerprint density at radius 2 is 1.62 bits per heavy atom. The van der Waals surface area contributed by atoms with E-state index in [-0.39, 0.29) is 5.56 Å². The Bertz CT molecular complexity index is 788. The summed E-state index contributed by atoms with van der Waals surface area (Å²) in [5.74, 6) is 4.55. The molecule has 5 N–H and O–H groups in total. The number of aromatic nitrogens is 1. The summed E-state index contributed by atoms with van der Waals surface area (Å²) in [6.07, 6.45) is 10.9. The molecule has 1 amide bonds. The van der Waals surface area contributed by atoms with Crippen LogP contribution in [0.2, 0.25) is 0 Å². The van der Waals surface area contributed by atoms with Gasteiger partial charge in [0.1, 0.15) is 6.79 Å². The van der Waals surface area contributed by atoms with E-state index < -0.39 is 0 Å². The predicted octanol–water partition coefficient (Wildman–Crippen LogP) is 5.14. The number of aromatic amines is 1. The van der Waals surface area contributed by atoms with Crippen molar-refractivity contribution in [3.63, 3.8) is 0 Å². The normalized spacial score (nSPS) is 8.47. The summed E-state index contributed by atoms with van der Waals surface area (Å²) in [6, 6.07) is 13.9. The molecule has 0 radical (unpaired) electrons. The number of aryl methyl sites for hydroxylation is 1. The zero-order valence-corrected chi connectivity index (χ0v) is 21.5. The van der Waals surface area contributed by atoms with Crippen molar-refractivity contribution in [3.8, 4) is 0 Å². The molecule has 34 heavy (non-hydrogen) atoms. The molecule has 0 aliphatic heterocycles. The first-order valence-electron chi connectivity index (χ1n) is 11.2. The van der Waals surface area contributed by atoms with Crippen molar-refractivity contribution in [3.05, 3.63) is 102 Å². The van der Waals surface area contributed by atoms with Crippen LogP contribution >= 0.6 is 0 Å². The number of benzene rings is 1. The fourth-order valence-electron chi connectivity index (χ4n) is 2.00. The minimum Gasteiger partial charge on any atom is -0.329 e. The molecule has 0 saturated heterocycles. The van der Waals surface area contributed by atoms with Gasteiger partial charge in [-0.25, -0.2) is 0 Å². The Labute approximate surface area is 205 Å². The number of hydrogen-bond donors (Lipinski definition) is 4. The number of carbonyl (C=O) groups excluding carboxylic acids is 2. The molecule has 2 rings (SSSR count). The second-order valence-electron chi connectivity index (χ2n) is 5.85. The number of rotatable bonds is 7. The Balaban J connectivity index is -0.000000187. The van der Waals surface area contributed by atoms with E-state index in [1.54, 1.807) is 18.3 Å². The molecule has 0 unspecified atom stereocenters. The van der Waals surface area contributed by atoms with E-state index in [4.69, 9.17) is 9.59 Å². The van der Waals surface area contributed by atoms with Gasteiger partial charge in [-0.15, -0.1) is 0 Å². The summed E-state index contributed by atoms with van der Waals surface area (Å²) in [5.41, 5.74) is 6.92. The standard InChI is InChI=1S/C11H11NO.C9H12.C3H8.C2H6.CH5N3O.CH2O/c1-3-5-9(4-2)10-6-7-12-11(13)8-10;1-2-6-9-7-4-3-5-8-9;1-3-2;1-2;2-4-3-1-5;1-2/h3-8H,1-2H2,(H,12,13);3-5,7-8H,2,6H2,1H3;3H2,1-2H3;1-2H3;1,4H,2H2,(H,3,5);1H2/b9-5+;;;;;. The number of amides is 1. The molecule has 7 heteroatoms. The smallest absolute Gasteiger partial charge is 0.248 e. The minimum absolute atomic E-state index is 0.116. The Morgan fingerprint density at radius 3 is 1.97 bits per heavy atom. The van der Waals surface area contributed by atoms with Gasteiger partial charge in [0.15, 0.2) is 0 Å². The van der Waals surface area contributed by atoms with Gasteiger partial charge in [-0.3, -0.25) is 20.9 Å². The van der Waals surface area contributed by atoms with Crippen molar-refractivity contribution in [2.45, 2.75) is 53.9 Å². The van der Waals surface area contributed by atoms with Gasteiger partial charge in [0.2, 0.25) is 12.0 Å². The molecule has 1 aromatic carbocycles. The van der Waals surface area contributed by atoms with Crippen LogP contribution in [-0.4, -0.2) is 18.2 Å². The molecule has 0 aliphatic rings. The van der Waals surface area contributed by atoms with E-state index >= 15 is 0 Å². The van der Waals surface area contributed by atoms with Crippen molar-refractivity contribution >= 4 is 18.8 Å². The van der Waals surface area contributed by atoms with Crippen LogP contribution < -0.4 is 22.4 Å².